The molecule has 0 radical (unpaired) electrons. The molecular formula is C24H32N4O3. The van der Waals surface area contributed by atoms with Crippen LogP contribution in [0.1, 0.15) is 51.4 Å². The predicted molar refractivity (Wildman–Crippen MR) is 119 cm³/mol. The van der Waals surface area contributed by atoms with Gasteiger partial charge in [0.1, 0.15) is 0 Å². The Morgan fingerprint density at radius 3 is 2.32 bits per heavy atom. The lowest BCUT2D eigenvalue weighted by molar-refractivity contribution is -0.153. The number of para-hydroxylation sites is 1. The van der Waals surface area contributed by atoms with Gasteiger partial charge in [0.05, 0.1) is 5.39 Å². The summed E-state index contributed by atoms with van der Waals surface area (Å²) in [4.78, 5) is 31.5. The second-order valence-electron chi connectivity index (χ2n) is 9.54. The monoisotopic (exact) mass is 424 g/mol. The van der Waals surface area contributed by atoms with E-state index in [9.17, 15) is 9.59 Å². The highest BCUT2D eigenvalue weighted by atomic mass is 16.5. The van der Waals surface area contributed by atoms with Crippen LogP contribution in [0.2, 0.25) is 0 Å². The van der Waals surface area contributed by atoms with Crippen molar-refractivity contribution >= 4 is 28.6 Å². The zero-order chi connectivity index (χ0) is 21.3. The molecule has 3 heterocycles. The third-order valence-corrected chi connectivity index (χ3v) is 7.46. The number of rotatable bonds is 6. The van der Waals surface area contributed by atoms with E-state index in [0.29, 0.717) is 19.4 Å². The highest BCUT2D eigenvalue weighted by Gasteiger charge is 2.44. The number of piperidine rings is 1. The zero-order valence-corrected chi connectivity index (χ0v) is 18.2. The van der Waals surface area contributed by atoms with Gasteiger partial charge in [0, 0.05) is 45.6 Å². The number of imide groups is 1. The van der Waals surface area contributed by atoms with Crippen LogP contribution in [0.5, 0.6) is 0 Å². The fourth-order valence-corrected chi connectivity index (χ4v) is 5.65. The van der Waals surface area contributed by atoms with Gasteiger partial charge < -0.3 is 9.42 Å². The van der Waals surface area contributed by atoms with Crippen molar-refractivity contribution in [3.05, 3.63) is 24.3 Å². The largest absolute Gasteiger partial charge is 0.354 e. The number of nitrogens with zero attached hydrogens (tertiary/aromatic N) is 4. The number of carbonyl (C=O) groups is 2. The van der Waals surface area contributed by atoms with Crippen LogP contribution in [-0.4, -0.2) is 66.0 Å². The first-order valence-electron chi connectivity index (χ1n) is 11.8. The molecule has 0 N–H and O–H groups in total. The molecule has 1 aliphatic carbocycles. The molecule has 31 heavy (non-hydrogen) atoms. The van der Waals surface area contributed by atoms with E-state index in [1.165, 1.54) is 17.7 Å². The van der Waals surface area contributed by atoms with Gasteiger partial charge in [-0.25, -0.2) is 0 Å². The smallest absolute Gasteiger partial charge is 0.229 e. The van der Waals surface area contributed by atoms with Gasteiger partial charge in [-0.1, -0.05) is 30.1 Å². The Kier molecular flexibility index (Phi) is 5.69. The molecule has 0 bridgehead atoms. The van der Waals surface area contributed by atoms with Crippen LogP contribution in [0, 0.1) is 5.41 Å². The number of hydrogen-bond acceptors (Lipinski definition) is 6. The molecule has 2 aromatic rings. The van der Waals surface area contributed by atoms with Crippen molar-refractivity contribution in [3.63, 3.8) is 0 Å². The molecule has 7 nitrogen and oxygen atoms in total. The molecule has 1 spiro atoms. The number of fused-ring (bicyclic) bond motifs is 1. The van der Waals surface area contributed by atoms with Crippen LogP contribution in [0.3, 0.4) is 0 Å². The van der Waals surface area contributed by atoms with E-state index < -0.39 is 0 Å². The average Bonchev–Trinajstić information content (AvgIpc) is 3.40. The molecule has 5 rings (SSSR count). The summed E-state index contributed by atoms with van der Waals surface area (Å²) in [6.07, 6.45) is 7.49. The minimum atomic E-state index is -0.000485. The molecule has 0 atom stereocenters. The van der Waals surface area contributed by atoms with Crippen molar-refractivity contribution in [1.82, 2.24) is 15.0 Å². The molecule has 3 fully saturated rings. The van der Waals surface area contributed by atoms with Gasteiger partial charge in [-0.2, -0.15) is 0 Å². The maximum atomic E-state index is 12.6. The van der Waals surface area contributed by atoms with Crippen molar-refractivity contribution in [2.24, 2.45) is 5.41 Å². The maximum Gasteiger partial charge on any atom is 0.229 e. The van der Waals surface area contributed by atoms with E-state index in [2.05, 4.69) is 21.0 Å². The standard InChI is InChI=1S/C24H32N4O3/c29-21-17-24(9-3-4-10-24)18-22(30)28(21)12-6-5-11-26-13-15-27(16-14-26)23-19-7-1-2-8-20(19)31-25-23/h1-2,7-8H,3-6,9-18H2. The van der Waals surface area contributed by atoms with Gasteiger partial charge in [-0.15, -0.1) is 0 Å². The molecule has 2 saturated heterocycles. The van der Waals surface area contributed by atoms with Crippen molar-refractivity contribution in [2.75, 3.05) is 44.2 Å². The van der Waals surface area contributed by atoms with E-state index in [1.54, 1.807) is 0 Å². The van der Waals surface area contributed by atoms with E-state index in [0.717, 1.165) is 75.2 Å². The summed E-state index contributed by atoms with van der Waals surface area (Å²) in [6, 6.07) is 8.00. The Morgan fingerprint density at radius 1 is 0.903 bits per heavy atom. The fraction of sp³-hybridized carbons (Fsp3) is 0.625. The summed E-state index contributed by atoms with van der Waals surface area (Å²) in [5.41, 5.74) is 0.833. The van der Waals surface area contributed by atoms with Gasteiger partial charge in [0.2, 0.25) is 11.8 Å². The van der Waals surface area contributed by atoms with Crippen LogP contribution >= 0.6 is 0 Å². The Balaban J connectivity index is 1.05. The lowest BCUT2D eigenvalue weighted by Gasteiger charge is -2.37. The van der Waals surface area contributed by atoms with Crippen LogP contribution < -0.4 is 4.90 Å². The Morgan fingerprint density at radius 2 is 1.58 bits per heavy atom. The first kappa shape index (κ1) is 20.5. The normalized spacial score (nSPS) is 22.2. The summed E-state index contributed by atoms with van der Waals surface area (Å²) in [5.74, 6) is 1.07. The molecule has 7 heteroatoms. The Hall–Kier alpha value is -2.41. The first-order chi connectivity index (χ1) is 15.1. The third-order valence-electron chi connectivity index (χ3n) is 7.46. The van der Waals surface area contributed by atoms with E-state index in [-0.39, 0.29) is 17.2 Å². The first-order valence-corrected chi connectivity index (χ1v) is 11.8. The molecule has 166 valence electrons. The highest BCUT2D eigenvalue weighted by Crippen LogP contribution is 2.46. The van der Waals surface area contributed by atoms with Crippen molar-refractivity contribution in [3.8, 4) is 0 Å². The van der Waals surface area contributed by atoms with Crippen molar-refractivity contribution in [2.45, 2.75) is 51.4 Å². The van der Waals surface area contributed by atoms with Crippen molar-refractivity contribution in [1.29, 1.82) is 0 Å². The SMILES string of the molecule is O=C1CC2(CCCC2)CC(=O)N1CCCCN1CCN(c2noc3ccccc23)CC1. The quantitative estimate of drug-likeness (QED) is 0.523. The van der Waals surface area contributed by atoms with Gasteiger partial charge in [-0.05, 0) is 49.8 Å². The lowest BCUT2D eigenvalue weighted by Crippen LogP contribution is -2.48. The second kappa shape index (κ2) is 8.61. The van der Waals surface area contributed by atoms with Crippen LogP contribution in [0.15, 0.2) is 28.8 Å². The fourth-order valence-electron chi connectivity index (χ4n) is 5.65. The number of unbranched alkanes of at least 4 members (excludes halogenated alkanes) is 1. The Bertz CT molecular complexity index is 921. The van der Waals surface area contributed by atoms with Gasteiger partial charge in [0.15, 0.2) is 11.4 Å². The maximum absolute atomic E-state index is 12.6. The Labute approximate surface area is 183 Å². The highest BCUT2D eigenvalue weighted by molar-refractivity contribution is 5.98. The number of carbonyl (C=O) groups excluding carboxylic acids is 2. The molecule has 1 aromatic heterocycles. The zero-order valence-electron chi connectivity index (χ0n) is 18.2. The molecule has 1 aromatic carbocycles. The summed E-state index contributed by atoms with van der Waals surface area (Å²) < 4.78 is 5.45. The third kappa shape index (κ3) is 4.20. The number of anilines is 1. The van der Waals surface area contributed by atoms with Crippen LogP contribution in [0.4, 0.5) is 5.82 Å². The summed E-state index contributed by atoms with van der Waals surface area (Å²) in [5, 5.41) is 5.35. The number of piperazine rings is 1. The van der Waals surface area contributed by atoms with Gasteiger partial charge in [0.25, 0.3) is 0 Å². The average molecular weight is 425 g/mol. The van der Waals surface area contributed by atoms with E-state index >= 15 is 0 Å². The molecular weight excluding hydrogens is 392 g/mol. The summed E-state index contributed by atoms with van der Waals surface area (Å²) >= 11 is 0. The van der Waals surface area contributed by atoms with Crippen LogP contribution in [0.25, 0.3) is 11.0 Å². The minimum absolute atomic E-state index is 0.000485. The molecule has 2 aliphatic heterocycles. The number of benzene rings is 1. The predicted octanol–water partition coefficient (Wildman–Crippen LogP) is 3.44. The summed E-state index contributed by atoms with van der Waals surface area (Å²) in [7, 11) is 0. The molecule has 1 saturated carbocycles. The number of hydrogen-bond donors (Lipinski definition) is 0. The topological polar surface area (TPSA) is 69.9 Å². The van der Waals surface area contributed by atoms with E-state index in [4.69, 9.17) is 4.52 Å². The minimum Gasteiger partial charge on any atom is -0.354 e. The number of aromatic nitrogens is 1. The van der Waals surface area contributed by atoms with E-state index in [1.807, 2.05) is 18.2 Å². The van der Waals surface area contributed by atoms with Gasteiger partial charge in [-0.3, -0.25) is 19.4 Å². The van der Waals surface area contributed by atoms with Gasteiger partial charge >= 0.3 is 0 Å². The van der Waals surface area contributed by atoms with Crippen molar-refractivity contribution < 1.29 is 14.1 Å². The molecule has 2 amide bonds. The summed E-state index contributed by atoms with van der Waals surface area (Å²) in [6.45, 7) is 5.44. The van der Waals surface area contributed by atoms with Crippen LogP contribution in [-0.2, 0) is 9.59 Å². The molecule has 3 aliphatic rings. The second-order valence-corrected chi connectivity index (χ2v) is 9.54. The number of amides is 2. The lowest BCUT2D eigenvalue weighted by atomic mass is 9.76. The number of likely N-dealkylation sites (tertiary alicyclic amines) is 1. The molecule has 0 unspecified atom stereocenters.